The molecule has 3 heterocycles. The maximum absolute atomic E-state index is 10.3. The van der Waals surface area contributed by atoms with Crippen LogP contribution in [0.3, 0.4) is 0 Å². The summed E-state index contributed by atoms with van der Waals surface area (Å²) in [4.78, 5) is 4.23. The fourth-order valence-electron chi connectivity index (χ4n) is 3.33. The summed E-state index contributed by atoms with van der Waals surface area (Å²) in [5.41, 5.74) is 1.02. The molecule has 0 saturated carbocycles. The van der Waals surface area contributed by atoms with Gasteiger partial charge >= 0.3 is 0 Å². The van der Waals surface area contributed by atoms with Crippen molar-refractivity contribution in [3.8, 4) is 17.0 Å². The number of halogens is 1. The zero-order valence-electron chi connectivity index (χ0n) is 14.5. The number of anilines is 1. The van der Waals surface area contributed by atoms with Crippen LogP contribution in [0.5, 0.6) is 5.75 Å². The number of nitrogens with zero attached hydrogens (tertiary/aromatic N) is 3. The molecule has 134 valence electrons. The summed E-state index contributed by atoms with van der Waals surface area (Å²) < 4.78 is 5.79. The molecule has 0 unspecified atom stereocenters. The molecule has 0 spiro atoms. The summed E-state index contributed by atoms with van der Waals surface area (Å²) in [6.45, 7) is 4.77. The van der Waals surface area contributed by atoms with Gasteiger partial charge in [0.25, 0.3) is 0 Å². The average Bonchev–Trinajstić information content (AvgIpc) is 2.94. The standard InChI is InChI=1S/C19H19ClN4O2/c1-19(2)8-12(10-26-19)22-18-15-9-21-6-5-13(15)17(23-24-18)14-4-3-11(20)7-16(14)25/h3-7,9,12,25H,8,10H2,1-2H3,(H,22,24)/t12-/m1/s1. The third-order valence-electron chi connectivity index (χ3n) is 4.55. The van der Waals surface area contributed by atoms with Crippen LogP contribution in [0.2, 0.25) is 5.02 Å². The lowest BCUT2D eigenvalue weighted by Gasteiger charge is -2.17. The highest BCUT2D eigenvalue weighted by Gasteiger charge is 2.32. The van der Waals surface area contributed by atoms with Crippen LogP contribution in [0.15, 0.2) is 36.7 Å². The SMILES string of the molecule is CC1(C)C[C@@H](Nc2nnc(-c3ccc(Cl)cc3O)c3ccncc23)CO1. The van der Waals surface area contributed by atoms with Crippen LogP contribution < -0.4 is 5.32 Å². The van der Waals surface area contributed by atoms with Gasteiger partial charge in [0.2, 0.25) is 0 Å². The Hall–Kier alpha value is -2.44. The van der Waals surface area contributed by atoms with Crippen molar-refractivity contribution in [2.75, 3.05) is 11.9 Å². The van der Waals surface area contributed by atoms with Crippen molar-refractivity contribution < 1.29 is 9.84 Å². The molecule has 2 N–H and O–H groups in total. The Morgan fingerprint density at radius 2 is 2.08 bits per heavy atom. The van der Waals surface area contributed by atoms with Gasteiger partial charge in [-0.3, -0.25) is 4.98 Å². The van der Waals surface area contributed by atoms with Crippen LogP contribution in [0.1, 0.15) is 20.3 Å². The number of phenolic OH excluding ortho intramolecular Hbond substituents is 1. The van der Waals surface area contributed by atoms with Gasteiger partial charge in [-0.25, -0.2) is 0 Å². The number of pyridine rings is 1. The number of fused-ring (bicyclic) bond motifs is 1. The second-order valence-corrected chi connectivity index (χ2v) is 7.53. The number of nitrogens with one attached hydrogen (secondary N) is 1. The van der Waals surface area contributed by atoms with E-state index in [0.29, 0.717) is 28.7 Å². The molecule has 1 atom stereocenters. The molecule has 6 nitrogen and oxygen atoms in total. The van der Waals surface area contributed by atoms with Crippen LogP contribution in [-0.2, 0) is 4.74 Å². The second-order valence-electron chi connectivity index (χ2n) is 7.10. The largest absolute Gasteiger partial charge is 0.507 e. The lowest BCUT2D eigenvalue weighted by molar-refractivity contribution is 0.0363. The highest BCUT2D eigenvalue weighted by molar-refractivity contribution is 6.30. The number of aromatic hydroxyl groups is 1. The minimum atomic E-state index is -0.145. The lowest BCUT2D eigenvalue weighted by atomic mass is 10.0. The topological polar surface area (TPSA) is 80.2 Å². The fraction of sp³-hybridized carbons (Fsp3) is 0.316. The average molecular weight is 371 g/mol. The molecule has 2 aromatic heterocycles. The highest BCUT2D eigenvalue weighted by atomic mass is 35.5. The van der Waals surface area contributed by atoms with E-state index in [1.165, 1.54) is 6.07 Å². The van der Waals surface area contributed by atoms with Crippen LogP contribution in [0.25, 0.3) is 22.0 Å². The molecule has 1 aliphatic heterocycles. The van der Waals surface area contributed by atoms with Crippen molar-refractivity contribution >= 4 is 28.2 Å². The minimum absolute atomic E-state index is 0.0663. The number of phenols is 1. The Balaban J connectivity index is 1.76. The monoisotopic (exact) mass is 370 g/mol. The Kier molecular flexibility index (Phi) is 4.17. The smallest absolute Gasteiger partial charge is 0.158 e. The zero-order chi connectivity index (χ0) is 18.3. The zero-order valence-corrected chi connectivity index (χ0v) is 15.3. The van der Waals surface area contributed by atoms with Crippen LogP contribution >= 0.6 is 11.6 Å². The molecule has 1 aromatic carbocycles. The van der Waals surface area contributed by atoms with Gasteiger partial charge in [-0.05, 0) is 44.5 Å². The minimum Gasteiger partial charge on any atom is -0.507 e. The van der Waals surface area contributed by atoms with E-state index >= 15 is 0 Å². The van der Waals surface area contributed by atoms with Gasteiger partial charge in [0.1, 0.15) is 11.4 Å². The molecular formula is C19H19ClN4O2. The summed E-state index contributed by atoms with van der Waals surface area (Å²) in [6.07, 6.45) is 4.34. The number of hydrogen-bond donors (Lipinski definition) is 2. The van der Waals surface area contributed by atoms with Crippen molar-refractivity contribution in [3.63, 3.8) is 0 Å². The Morgan fingerprint density at radius 3 is 2.81 bits per heavy atom. The molecule has 26 heavy (non-hydrogen) atoms. The van der Waals surface area contributed by atoms with Crippen molar-refractivity contribution in [3.05, 3.63) is 41.7 Å². The predicted molar refractivity (Wildman–Crippen MR) is 102 cm³/mol. The van der Waals surface area contributed by atoms with E-state index < -0.39 is 0 Å². The second kappa shape index (κ2) is 6.37. The third-order valence-corrected chi connectivity index (χ3v) is 4.79. The van der Waals surface area contributed by atoms with Gasteiger partial charge in [-0.15, -0.1) is 10.2 Å². The van der Waals surface area contributed by atoms with Gasteiger partial charge in [0, 0.05) is 33.8 Å². The maximum atomic E-state index is 10.3. The summed E-state index contributed by atoms with van der Waals surface area (Å²) in [6, 6.07) is 6.98. The summed E-state index contributed by atoms with van der Waals surface area (Å²) in [5.74, 6) is 0.730. The first-order chi connectivity index (χ1) is 12.4. The molecule has 0 radical (unpaired) electrons. The number of benzene rings is 1. The Morgan fingerprint density at radius 1 is 1.23 bits per heavy atom. The highest BCUT2D eigenvalue weighted by Crippen LogP contribution is 2.36. The summed E-state index contributed by atoms with van der Waals surface area (Å²) in [5, 5.41) is 24.6. The summed E-state index contributed by atoms with van der Waals surface area (Å²) in [7, 11) is 0. The Bertz CT molecular complexity index is 977. The molecule has 4 rings (SSSR count). The molecule has 1 saturated heterocycles. The van der Waals surface area contributed by atoms with Crippen molar-refractivity contribution in [1.82, 2.24) is 15.2 Å². The molecule has 3 aromatic rings. The van der Waals surface area contributed by atoms with E-state index in [2.05, 4.69) is 34.3 Å². The first-order valence-electron chi connectivity index (χ1n) is 8.43. The van der Waals surface area contributed by atoms with Crippen molar-refractivity contribution in [2.24, 2.45) is 0 Å². The molecule has 0 amide bonds. The summed E-state index contributed by atoms with van der Waals surface area (Å²) >= 11 is 5.94. The first-order valence-corrected chi connectivity index (χ1v) is 8.80. The van der Waals surface area contributed by atoms with E-state index in [0.717, 1.165) is 17.2 Å². The van der Waals surface area contributed by atoms with Crippen LogP contribution in [0, 0.1) is 0 Å². The molecular weight excluding hydrogens is 352 g/mol. The Labute approximate surface area is 156 Å². The van der Waals surface area contributed by atoms with Crippen LogP contribution in [0.4, 0.5) is 5.82 Å². The quantitative estimate of drug-likeness (QED) is 0.724. The van der Waals surface area contributed by atoms with Crippen molar-refractivity contribution in [2.45, 2.75) is 31.9 Å². The molecule has 1 fully saturated rings. The van der Waals surface area contributed by atoms with E-state index in [1.54, 1.807) is 24.5 Å². The molecule has 0 bridgehead atoms. The molecule has 0 aliphatic carbocycles. The van der Waals surface area contributed by atoms with Crippen molar-refractivity contribution in [1.29, 1.82) is 0 Å². The number of rotatable bonds is 3. The van der Waals surface area contributed by atoms with Gasteiger partial charge in [0.15, 0.2) is 5.82 Å². The number of aromatic nitrogens is 3. The van der Waals surface area contributed by atoms with Gasteiger partial charge in [0.05, 0.1) is 18.2 Å². The fourth-order valence-corrected chi connectivity index (χ4v) is 3.50. The van der Waals surface area contributed by atoms with E-state index in [9.17, 15) is 5.11 Å². The predicted octanol–water partition coefficient (Wildman–Crippen LogP) is 4.03. The molecule has 7 heteroatoms. The third kappa shape index (κ3) is 3.18. The molecule has 1 aliphatic rings. The first kappa shape index (κ1) is 17.0. The normalized spacial score (nSPS) is 19.0. The van der Waals surface area contributed by atoms with Crippen LogP contribution in [-0.4, -0.2) is 38.5 Å². The van der Waals surface area contributed by atoms with E-state index in [-0.39, 0.29) is 17.4 Å². The number of ether oxygens (including phenoxy) is 1. The van der Waals surface area contributed by atoms with Gasteiger partial charge < -0.3 is 15.2 Å². The number of hydrogen-bond acceptors (Lipinski definition) is 6. The van der Waals surface area contributed by atoms with E-state index in [4.69, 9.17) is 16.3 Å². The maximum Gasteiger partial charge on any atom is 0.158 e. The van der Waals surface area contributed by atoms with E-state index in [1.807, 2.05) is 6.07 Å². The van der Waals surface area contributed by atoms with Gasteiger partial charge in [-0.2, -0.15) is 0 Å². The van der Waals surface area contributed by atoms with Gasteiger partial charge in [-0.1, -0.05) is 11.6 Å². The lowest BCUT2D eigenvalue weighted by Crippen LogP contribution is -2.23.